The van der Waals surface area contributed by atoms with E-state index < -0.39 is 80.3 Å². The highest BCUT2D eigenvalue weighted by Crippen LogP contribution is 2.39. The van der Waals surface area contributed by atoms with E-state index in [1.165, 1.54) is 30.1 Å². The van der Waals surface area contributed by atoms with E-state index in [1.54, 1.807) is 6.92 Å². The molecule has 0 aliphatic carbocycles. The minimum absolute atomic E-state index is 0.0423. The van der Waals surface area contributed by atoms with Crippen LogP contribution in [0.3, 0.4) is 0 Å². The van der Waals surface area contributed by atoms with Gasteiger partial charge in [-0.1, -0.05) is 6.07 Å². The lowest BCUT2D eigenvalue weighted by molar-refractivity contribution is 0.0950. The van der Waals surface area contributed by atoms with E-state index in [1.807, 2.05) is 0 Å². The van der Waals surface area contributed by atoms with Gasteiger partial charge in [-0.3, -0.25) is 14.2 Å². The van der Waals surface area contributed by atoms with Crippen molar-refractivity contribution >= 4 is 31.1 Å². The second-order valence-electron chi connectivity index (χ2n) is 9.29. The highest BCUT2D eigenvalue weighted by atomic mass is 31.2. The first kappa shape index (κ1) is 30.9. The van der Waals surface area contributed by atoms with Crippen molar-refractivity contribution in [3.05, 3.63) is 93.8 Å². The van der Waals surface area contributed by atoms with Crippen molar-refractivity contribution < 1.29 is 50.4 Å². The van der Waals surface area contributed by atoms with Gasteiger partial charge in [0, 0.05) is 48.1 Å². The summed E-state index contributed by atoms with van der Waals surface area (Å²) >= 11 is 0. The molecule has 1 aliphatic rings. The molecule has 4 rings (SSSR count). The Morgan fingerprint density at radius 1 is 1.00 bits per heavy atom. The van der Waals surface area contributed by atoms with Crippen LogP contribution < -0.4 is 15.5 Å². The van der Waals surface area contributed by atoms with Gasteiger partial charge in [0.2, 0.25) is 0 Å². The molecule has 16 heteroatoms. The summed E-state index contributed by atoms with van der Waals surface area (Å²) in [6, 6.07) is 5.88. The third kappa shape index (κ3) is 6.54. The lowest BCUT2D eigenvalue weighted by Crippen LogP contribution is -2.47. The lowest BCUT2D eigenvalue weighted by atomic mass is 9.98. The molecule has 1 heterocycles. The zero-order chi connectivity index (χ0) is 30.9. The van der Waals surface area contributed by atoms with Gasteiger partial charge in [0.1, 0.15) is 24.2 Å². The van der Waals surface area contributed by atoms with Crippen molar-refractivity contribution in [2.75, 3.05) is 24.0 Å². The molecule has 1 atom stereocenters. The molecule has 0 unspecified atom stereocenters. The molecule has 0 radical (unpaired) electrons. The van der Waals surface area contributed by atoms with Crippen LogP contribution in [0.1, 0.15) is 40.0 Å². The van der Waals surface area contributed by atoms with Crippen molar-refractivity contribution in [1.82, 2.24) is 10.2 Å². The summed E-state index contributed by atoms with van der Waals surface area (Å²) in [4.78, 5) is 46.4. The molecule has 0 saturated heterocycles. The Balaban J connectivity index is 1.66. The van der Waals surface area contributed by atoms with Gasteiger partial charge in [0.05, 0.1) is 18.3 Å². The Kier molecular flexibility index (Phi) is 8.87. The normalized spacial score (nSPS) is 15.1. The topological polar surface area (TPSA) is 131 Å². The van der Waals surface area contributed by atoms with Gasteiger partial charge >= 0.3 is 13.9 Å². The summed E-state index contributed by atoms with van der Waals surface area (Å²) < 4.78 is 85.8. The third-order valence-corrected chi connectivity index (χ3v) is 7.15. The molecular weight excluding hydrogens is 590 g/mol. The van der Waals surface area contributed by atoms with E-state index in [-0.39, 0.29) is 22.5 Å². The number of rotatable bonds is 9. The highest BCUT2D eigenvalue weighted by molar-refractivity contribution is 7.46. The van der Waals surface area contributed by atoms with Crippen LogP contribution in [-0.2, 0) is 22.2 Å². The Hall–Kier alpha value is -4.04. The first-order valence-corrected chi connectivity index (χ1v) is 13.7. The molecule has 3 aromatic carbocycles. The molecule has 224 valence electrons. The van der Waals surface area contributed by atoms with Gasteiger partial charge in [-0.25, -0.2) is 31.3 Å². The number of fused-ring (bicyclic) bond motifs is 1. The molecule has 0 aromatic heterocycles. The molecule has 1 aliphatic heterocycles. The van der Waals surface area contributed by atoms with Gasteiger partial charge in [0.25, 0.3) is 5.91 Å². The fourth-order valence-electron chi connectivity index (χ4n) is 4.37. The summed E-state index contributed by atoms with van der Waals surface area (Å²) in [5.74, 6) is -6.91. The van der Waals surface area contributed by atoms with E-state index in [0.29, 0.717) is 17.7 Å². The van der Waals surface area contributed by atoms with Gasteiger partial charge in [0.15, 0.2) is 11.6 Å². The zero-order valence-corrected chi connectivity index (χ0v) is 22.9. The van der Waals surface area contributed by atoms with Crippen LogP contribution in [0.2, 0.25) is 0 Å². The second kappa shape index (κ2) is 12.1. The summed E-state index contributed by atoms with van der Waals surface area (Å²) in [6.07, 6.45) is 0. The summed E-state index contributed by atoms with van der Waals surface area (Å²) in [6.45, 7) is -0.274. The number of amides is 3. The fraction of sp³-hybridized carbons (Fsp3) is 0.231. The highest BCUT2D eigenvalue weighted by Gasteiger charge is 2.35. The summed E-state index contributed by atoms with van der Waals surface area (Å²) in [5, 5.41) is 4.77. The maximum atomic E-state index is 15.0. The molecule has 3 amide bonds. The maximum absolute atomic E-state index is 15.0. The predicted octanol–water partition coefficient (Wildman–Crippen LogP) is 4.92. The molecule has 0 bridgehead atoms. The number of carbonyl (C=O) groups excluding carboxylic acids is 2. The first-order valence-electron chi connectivity index (χ1n) is 12.2. The molecule has 0 fully saturated rings. The minimum atomic E-state index is -4.89. The molecule has 3 aromatic rings. The van der Waals surface area contributed by atoms with Crippen molar-refractivity contribution in [2.24, 2.45) is 0 Å². The quantitative estimate of drug-likeness (QED) is 0.153. The number of carbonyl (C=O) groups is 2. The van der Waals surface area contributed by atoms with Crippen molar-refractivity contribution in [1.29, 1.82) is 0 Å². The number of phosphoric ester groups is 1. The van der Waals surface area contributed by atoms with E-state index >= 15 is 4.39 Å². The number of benzene rings is 3. The van der Waals surface area contributed by atoms with Gasteiger partial charge in [-0.05, 0) is 36.8 Å². The predicted molar refractivity (Wildman–Crippen MR) is 140 cm³/mol. The van der Waals surface area contributed by atoms with E-state index in [2.05, 4.69) is 15.2 Å². The average Bonchev–Trinajstić information content (AvgIpc) is 2.91. The largest absolute Gasteiger partial charge is 0.471 e. The van der Waals surface area contributed by atoms with Crippen molar-refractivity contribution in [2.45, 2.75) is 26.1 Å². The number of phosphoric acid groups is 1. The maximum Gasteiger partial charge on any atom is 0.471 e. The molecular formula is C26H24F5N4O6P. The van der Waals surface area contributed by atoms with Crippen molar-refractivity contribution in [3.63, 3.8) is 0 Å². The second-order valence-corrected chi connectivity index (χ2v) is 10.5. The zero-order valence-electron chi connectivity index (χ0n) is 22.0. The number of nitrogens with one attached hydrogen (secondary N) is 2. The standard InChI is InChI=1S/C26H24F5N4O6P/c1-13-16-4-3-14(25(36)32-10-17-20(29)8-15(27)9-21(17)30)7-23(16)35(26(37)34(13)2)11-18-22(6-5-19(28)24(18)31)33-12-41-42(38,39)40/h3-9,13,33H,10-12H2,1-2H3,(H,32,36)(H2,38,39,40)/t13-/m0/s1. The number of hydrogen-bond acceptors (Lipinski definition) is 5. The van der Waals surface area contributed by atoms with E-state index in [0.717, 1.165) is 17.0 Å². The lowest BCUT2D eigenvalue weighted by Gasteiger charge is -2.40. The van der Waals surface area contributed by atoms with E-state index in [9.17, 15) is 31.7 Å². The van der Waals surface area contributed by atoms with Gasteiger partial charge in [-0.2, -0.15) is 0 Å². The van der Waals surface area contributed by atoms with Gasteiger partial charge in [-0.15, -0.1) is 0 Å². The van der Waals surface area contributed by atoms with Gasteiger partial charge < -0.3 is 25.3 Å². The number of halogens is 5. The van der Waals surface area contributed by atoms with Crippen LogP contribution >= 0.6 is 7.82 Å². The fourth-order valence-corrected chi connectivity index (χ4v) is 4.60. The summed E-state index contributed by atoms with van der Waals surface area (Å²) in [5.41, 5.74) is -0.448. The van der Waals surface area contributed by atoms with Crippen molar-refractivity contribution in [3.8, 4) is 0 Å². The molecule has 42 heavy (non-hydrogen) atoms. The minimum Gasteiger partial charge on any atom is -0.362 e. The molecule has 10 nitrogen and oxygen atoms in total. The Morgan fingerprint density at radius 2 is 1.67 bits per heavy atom. The average molecular weight is 614 g/mol. The molecule has 4 N–H and O–H groups in total. The van der Waals surface area contributed by atoms with Crippen LogP contribution in [0, 0.1) is 29.1 Å². The van der Waals surface area contributed by atoms with Crippen LogP contribution in [0.4, 0.5) is 38.1 Å². The third-order valence-electron chi connectivity index (χ3n) is 6.69. The SMILES string of the molecule is C[C@H]1c2ccc(C(=O)NCc3c(F)cc(F)cc3F)cc2N(Cc2c(NCOP(=O)(O)O)ccc(F)c2F)C(=O)N1C. The van der Waals surface area contributed by atoms with E-state index in [4.69, 9.17) is 9.79 Å². The monoisotopic (exact) mass is 614 g/mol. The van der Waals surface area contributed by atoms with Crippen LogP contribution in [0.15, 0.2) is 42.5 Å². The Labute approximate surface area is 235 Å². The van der Waals surface area contributed by atoms with Crippen LogP contribution in [-0.4, -0.2) is 40.4 Å². The molecule has 0 saturated carbocycles. The Morgan fingerprint density at radius 3 is 2.31 bits per heavy atom. The number of anilines is 2. The van der Waals surface area contributed by atoms with Crippen LogP contribution in [0.25, 0.3) is 0 Å². The number of urea groups is 1. The number of hydrogen-bond donors (Lipinski definition) is 4. The van der Waals surface area contributed by atoms with Crippen LogP contribution in [0.5, 0.6) is 0 Å². The number of nitrogens with zero attached hydrogens (tertiary/aromatic N) is 2. The molecule has 0 spiro atoms. The smallest absolute Gasteiger partial charge is 0.362 e. The Bertz CT molecular complexity index is 1580. The first-order chi connectivity index (χ1) is 19.7. The summed E-state index contributed by atoms with van der Waals surface area (Å²) in [7, 11) is -3.41.